The molecule has 0 radical (unpaired) electrons. The van der Waals surface area contributed by atoms with Crippen LogP contribution in [-0.4, -0.2) is 29.0 Å². The third-order valence-corrected chi connectivity index (χ3v) is 4.80. The minimum Gasteiger partial charge on any atom is -0.486 e. The van der Waals surface area contributed by atoms with Crippen molar-refractivity contribution in [2.75, 3.05) is 13.2 Å². The smallest absolute Gasteiger partial charge is 0.359 e. The average Bonchev–Trinajstić information content (AvgIpc) is 2.74. The summed E-state index contributed by atoms with van der Waals surface area (Å²) in [6.07, 6.45) is 0.718. The van der Waals surface area contributed by atoms with Crippen LogP contribution < -0.4 is 15.0 Å². The molecule has 0 spiro atoms. The maximum atomic E-state index is 12.8. The Balaban J connectivity index is 1.62. The lowest BCUT2D eigenvalue weighted by Gasteiger charge is -2.20. The van der Waals surface area contributed by atoms with Gasteiger partial charge < -0.3 is 14.2 Å². The summed E-state index contributed by atoms with van der Waals surface area (Å²) >= 11 is 6.23. The highest BCUT2D eigenvalue weighted by molar-refractivity contribution is 6.32. The first kappa shape index (κ1) is 19.3. The molecule has 7 nitrogen and oxygen atoms in total. The maximum absolute atomic E-state index is 12.8. The van der Waals surface area contributed by atoms with Crippen LogP contribution in [0.1, 0.15) is 29.4 Å². The number of nitrogens with zero attached hydrogens (tertiary/aromatic N) is 2. The molecule has 0 fully saturated rings. The van der Waals surface area contributed by atoms with Gasteiger partial charge in [0.15, 0.2) is 17.2 Å². The highest BCUT2D eigenvalue weighted by Gasteiger charge is 2.20. The summed E-state index contributed by atoms with van der Waals surface area (Å²) in [6.45, 7) is 3.21. The minimum absolute atomic E-state index is 0.0158. The fraction of sp³-hybridized carbons (Fsp3) is 0.286. The van der Waals surface area contributed by atoms with Crippen molar-refractivity contribution in [3.8, 4) is 11.5 Å². The molecule has 0 amide bonds. The zero-order chi connectivity index (χ0) is 20.4. The van der Waals surface area contributed by atoms with Crippen molar-refractivity contribution in [1.29, 1.82) is 0 Å². The quantitative estimate of drug-likeness (QED) is 0.593. The van der Waals surface area contributed by atoms with Crippen molar-refractivity contribution in [2.24, 2.45) is 0 Å². The zero-order valence-electron chi connectivity index (χ0n) is 15.8. The van der Waals surface area contributed by atoms with E-state index in [0.717, 1.165) is 6.42 Å². The summed E-state index contributed by atoms with van der Waals surface area (Å²) < 4.78 is 17.8. The minimum atomic E-state index is -0.614. The molecule has 0 bridgehead atoms. The predicted octanol–water partition coefficient (Wildman–Crippen LogP) is 3.59. The van der Waals surface area contributed by atoms with E-state index in [4.69, 9.17) is 25.8 Å². The molecule has 29 heavy (non-hydrogen) atoms. The summed E-state index contributed by atoms with van der Waals surface area (Å²) in [4.78, 5) is 25.3. The number of rotatable bonds is 5. The molecule has 0 saturated heterocycles. The van der Waals surface area contributed by atoms with Gasteiger partial charge in [-0.3, -0.25) is 4.79 Å². The van der Waals surface area contributed by atoms with Gasteiger partial charge in [0.25, 0.3) is 5.56 Å². The summed E-state index contributed by atoms with van der Waals surface area (Å²) in [5.41, 5.74) is 0.550. The van der Waals surface area contributed by atoms with Gasteiger partial charge in [-0.05, 0) is 30.2 Å². The number of halogens is 1. The van der Waals surface area contributed by atoms with Crippen LogP contribution in [0.4, 0.5) is 0 Å². The highest BCUT2D eigenvalue weighted by atomic mass is 35.5. The predicted molar refractivity (Wildman–Crippen MR) is 108 cm³/mol. The molecular weight excluding hydrogens is 396 g/mol. The number of carbonyl (C=O) groups excluding carboxylic acids is 1. The number of fused-ring (bicyclic) bond motifs is 2. The number of hydrogen-bond acceptors (Lipinski definition) is 6. The third kappa shape index (κ3) is 3.78. The Hall–Kier alpha value is -3.06. The molecule has 0 aliphatic carbocycles. The van der Waals surface area contributed by atoms with Crippen LogP contribution >= 0.6 is 11.6 Å². The first-order valence-electron chi connectivity index (χ1n) is 9.33. The molecule has 1 aliphatic heterocycles. The highest BCUT2D eigenvalue weighted by Crippen LogP contribution is 2.38. The van der Waals surface area contributed by atoms with E-state index in [1.807, 2.05) is 6.92 Å². The molecule has 3 aromatic rings. The van der Waals surface area contributed by atoms with E-state index in [0.29, 0.717) is 52.6 Å². The van der Waals surface area contributed by atoms with Crippen molar-refractivity contribution in [3.05, 3.63) is 63.0 Å². The molecule has 150 valence electrons. The normalized spacial score (nSPS) is 12.8. The van der Waals surface area contributed by atoms with Gasteiger partial charge in [-0.25, -0.2) is 9.48 Å². The summed E-state index contributed by atoms with van der Waals surface area (Å²) in [5.74, 6) is 0.402. The molecular formula is C21H19ClN2O5. The Morgan fingerprint density at radius 3 is 2.76 bits per heavy atom. The topological polar surface area (TPSA) is 79.7 Å². The number of esters is 1. The van der Waals surface area contributed by atoms with Gasteiger partial charge >= 0.3 is 5.97 Å². The van der Waals surface area contributed by atoms with Gasteiger partial charge in [0, 0.05) is 11.9 Å². The van der Waals surface area contributed by atoms with E-state index < -0.39 is 5.97 Å². The second-order valence-corrected chi connectivity index (χ2v) is 7.01. The average molecular weight is 415 g/mol. The van der Waals surface area contributed by atoms with Crippen LogP contribution in [0.2, 0.25) is 5.02 Å². The Morgan fingerprint density at radius 2 is 1.97 bits per heavy atom. The fourth-order valence-corrected chi connectivity index (χ4v) is 3.50. The lowest BCUT2D eigenvalue weighted by Crippen LogP contribution is -2.26. The second kappa shape index (κ2) is 8.13. The van der Waals surface area contributed by atoms with Crippen LogP contribution in [0.15, 0.2) is 41.2 Å². The van der Waals surface area contributed by atoms with E-state index in [2.05, 4.69) is 5.10 Å². The van der Waals surface area contributed by atoms with Crippen molar-refractivity contribution in [2.45, 2.75) is 26.5 Å². The van der Waals surface area contributed by atoms with Crippen molar-refractivity contribution in [3.63, 3.8) is 0 Å². The first-order valence-corrected chi connectivity index (χ1v) is 9.71. The lowest BCUT2D eigenvalue weighted by molar-refractivity contribution is 0.0464. The Kier molecular flexibility index (Phi) is 5.40. The Labute approximate surface area is 171 Å². The largest absolute Gasteiger partial charge is 0.486 e. The number of benzene rings is 2. The van der Waals surface area contributed by atoms with Gasteiger partial charge in [-0.1, -0.05) is 36.7 Å². The van der Waals surface area contributed by atoms with E-state index in [1.54, 1.807) is 36.4 Å². The van der Waals surface area contributed by atoms with Gasteiger partial charge in [0.05, 0.1) is 10.4 Å². The van der Waals surface area contributed by atoms with Gasteiger partial charge in [-0.15, -0.1) is 0 Å². The Bertz CT molecular complexity index is 1140. The van der Waals surface area contributed by atoms with Crippen LogP contribution in [0.25, 0.3) is 10.8 Å². The molecule has 4 rings (SSSR count). The standard InChI is InChI=1S/C21H19ClN2O5/c1-2-7-24-20(25)15-6-4-3-5-14(15)18(23-24)21(26)29-12-13-10-16(22)19-17(11-13)27-8-9-28-19/h3-6,10-11H,2,7-9,12H2,1H3. The number of aromatic nitrogens is 2. The molecule has 2 heterocycles. The van der Waals surface area contributed by atoms with Gasteiger partial charge in [0.1, 0.15) is 19.8 Å². The first-order chi connectivity index (χ1) is 14.1. The molecule has 0 atom stereocenters. The monoisotopic (exact) mass is 414 g/mol. The summed E-state index contributed by atoms with van der Waals surface area (Å²) in [7, 11) is 0. The number of carbonyl (C=O) groups is 1. The van der Waals surface area contributed by atoms with E-state index in [-0.39, 0.29) is 17.9 Å². The third-order valence-electron chi connectivity index (χ3n) is 4.52. The van der Waals surface area contributed by atoms with Gasteiger partial charge in [-0.2, -0.15) is 5.10 Å². The van der Waals surface area contributed by atoms with Crippen LogP contribution in [0.3, 0.4) is 0 Å². The summed E-state index contributed by atoms with van der Waals surface area (Å²) in [6, 6.07) is 10.3. The molecule has 0 N–H and O–H groups in total. The number of hydrogen-bond donors (Lipinski definition) is 0. The molecule has 1 aromatic heterocycles. The molecule has 2 aromatic carbocycles. The molecule has 0 saturated carbocycles. The second-order valence-electron chi connectivity index (χ2n) is 6.60. The summed E-state index contributed by atoms with van der Waals surface area (Å²) in [5, 5.41) is 5.55. The van der Waals surface area contributed by atoms with Crippen LogP contribution in [-0.2, 0) is 17.9 Å². The molecule has 8 heteroatoms. The molecule has 0 unspecified atom stereocenters. The number of ether oxygens (including phenoxy) is 3. The Morgan fingerprint density at radius 1 is 1.21 bits per heavy atom. The van der Waals surface area contributed by atoms with Gasteiger partial charge in [0.2, 0.25) is 0 Å². The maximum Gasteiger partial charge on any atom is 0.359 e. The van der Waals surface area contributed by atoms with E-state index in [1.165, 1.54) is 4.68 Å². The van der Waals surface area contributed by atoms with Crippen LogP contribution in [0, 0.1) is 0 Å². The van der Waals surface area contributed by atoms with E-state index in [9.17, 15) is 9.59 Å². The SMILES string of the molecule is CCCn1nc(C(=O)OCc2cc(Cl)c3c(c2)OCCO3)c2ccccc2c1=O. The number of aryl methyl sites for hydroxylation is 1. The van der Waals surface area contributed by atoms with Crippen molar-refractivity contribution < 1.29 is 19.0 Å². The zero-order valence-corrected chi connectivity index (χ0v) is 16.6. The van der Waals surface area contributed by atoms with Crippen molar-refractivity contribution in [1.82, 2.24) is 9.78 Å². The van der Waals surface area contributed by atoms with Crippen molar-refractivity contribution >= 4 is 28.3 Å². The molecule has 1 aliphatic rings. The van der Waals surface area contributed by atoms with Crippen LogP contribution in [0.5, 0.6) is 11.5 Å². The lowest BCUT2D eigenvalue weighted by atomic mass is 10.1. The van der Waals surface area contributed by atoms with E-state index >= 15 is 0 Å². The fourth-order valence-electron chi connectivity index (χ4n) is 3.21.